The third-order valence-electron chi connectivity index (χ3n) is 4.92. The Labute approximate surface area is 158 Å². The summed E-state index contributed by atoms with van der Waals surface area (Å²) in [6.07, 6.45) is 4.61. The Kier molecular flexibility index (Phi) is 6.29. The van der Waals surface area contributed by atoms with Crippen molar-refractivity contribution in [3.8, 4) is 0 Å². The summed E-state index contributed by atoms with van der Waals surface area (Å²) in [6.45, 7) is 5.61. The molecule has 0 radical (unpaired) electrons. The van der Waals surface area contributed by atoms with Crippen LogP contribution in [0.3, 0.4) is 0 Å². The minimum Gasteiger partial charge on any atom is -0.353 e. The molecule has 7 heteroatoms. The summed E-state index contributed by atoms with van der Waals surface area (Å²) in [4.78, 5) is 24.7. The van der Waals surface area contributed by atoms with Gasteiger partial charge in [0.25, 0.3) is 0 Å². The lowest BCUT2D eigenvalue weighted by molar-refractivity contribution is -0.121. The van der Waals surface area contributed by atoms with Crippen molar-refractivity contribution in [1.29, 1.82) is 0 Å². The van der Waals surface area contributed by atoms with E-state index in [1.807, 2.05) is 5.38 Å². The van der Waals surface area contributed by atoms with E-state index in [1.165, 1.54) is 5.56 Å². The van der Waals surface area contributed by atoms with E-state index in [1.54, 1.807) is 20.6 Å². The molecule has 1 amide bonds. The Morgan fingerprint density at radius 2 is 2.27 bits per heavy atom. The molecule has 1 aliphatic heterocycles. The van der Waals surface area contributed by atoms with Gasteiger partial charge in [-0.15, -0.1) is 0 Å². The van der Waals surface area contributed by atoms with Crippen molar-refractivity contribution in [2.75, 3.05) is 0 Å². The summed E-state index contributed by atoms with van der Waals surface area (Å²) in [7, 11) is 0. The molecule has 0 saturated heterocycles. The Bertz CT molecular complexity index is 776. The fourth-order valence-electron chi connectivity index (χ4n) is 3.29. The predicted octanol–water partition coefficient (Wildman–Crippen LogP) is 2.61. The van der Waals surface area contributed by atoms with E-state index in [0.29, 0.717) is 25.4 Å². The van der Waals surface area contributed by atoms with Crippen molar-refractivity contribution in [3.63, 3.8) is 0 Å². The van der Waals surface area contributed by atoms with Gasteiger partial charge in [0, 0.05) is 32.0 Å². The number of amides is 1. The molecule has 1 unspecified atom stereocenters. The highest BCUT2D eigenvalue weighted by atomic mass is 32.1. The van der Waals surface area contributed by atoms with Gasteiger partial charge in [-0.3, -0.25) is 9.36 Å². The summed E-state index contributed by atoms with van der Waals surface area (Å²) in [5.41, 5.74) is 1.21. The molecule has 0 spiro atoms. The summed E-state index contributed by atoms with van der Waals surface area (Å²) in [6, 6.07) is 2.18. The molecule has 2 aromatic heterocycles. The molecule has 0 aromatic carbocycles. The summed E-state index contributed by atoms with van der Waals surface area (Å²) in [5.74, 6) is 1.50. The molecule has 0 saturated carbocycles. The smallest absolute Gasteiger partial charge is 0.345 e. The molecule has 3 rings (SSSR count). The van der Waals surface area contributed by atoms with Crippen LogP contribution in [0.25, 0.3) is 0 Å². The van der Waals surface area contributed by atoms with Crippen LogP contribution in [0.15, 0.2) is 21.6 Å². The van der Waals surface area contributed by atoms with Gasteiger partial charge in [0.1, 0.15) is 5.82 Å². The Hall–Kier alpha value is -1.89. The number of aromatic nitrogens is 3. The van der Waals surface area contributed by atoms with Gasteiger partial charge in [-0.2, -0.15) is 16.4 Å². The van der Waals surface area contributed by atoms with E-state index in [4.69, 9.17) is 0 Å². The van der Waals surface area contributed by atoms with Gasteiger partial charge < -0.3 is 5.32 Å². The second-order valence-corrected chi connectivity index (χ2v) is 8.26. The largest absolute Gasteiger partial charge is 0.353 e. The quantitative estimate of drug-likeness (QED) is 0.808. The van der Waals surface area contributed by atoms with Gasteiger partial charge in [-0.05, 0) is 54.0 Å². The van der Waals surface area contributed by atoms with Gasteiger partial charge in [-0.25, -0.2) is 9.48 Å². The molecule has 142 valence electrons. The second-order valence-electron chi connectivity index (χ2n) is 7.48. The molecule has 0 aliphatic carbocycles. The van der Waals surface area contributed by atoms with Crippen LogP contribution in [0.5, 0.6) is 0 Å². The summed E-state index contributed by atoms with van der Waals surface area (Å²) >= 11 is 1.66. The molecule has 2 aromatic rings. The fraction of sp³-hybridized carbons (Fsp3) is 0.632. The first-order chi connectivity index (χ1) is 12.5. The molecule has 1 N–H and O–H groups in total. The number of aryl methyl sites for hydroxylation is 3. The van der Waals surface area contributed by atoms with Crippen molar-refractivity contribution in [3.05, 3.63) is 38.7 Å². The minimum atomic E-state index is -0.00918. The maximum absolute atomic E-state index is 12.5. The van der Waals surface area contributed by atoms with Gasteiger partial charge in [0.05, 0.1) is 0 Å². The Morgan fingerprint density at radius 1 is 1.42 bits per heavy atom. The Morgan fingerprint density at radius 3 is 3.00 bits per heavy atom. The number of fused-ring (bicyclic) bond motifs is 1. The van der Waals surface area contributed by atoms with E-state index in [9.17, 15) is 9.59 Å². The van der Waals surface area contributed by atoms with Crippen LogP contribution in [-0.4, -0.2) is 26.3 Å². The van der Waals surface area contributed by atoms with E-state index < -0.39 is 0 Å². The predicted molar refractivity (Wildman–Crippen MR) is 103 cm³/mol. The van der Waals surface area contributed by atoms with Crippen molar-refractivity contribution in [2.24, 2.45) is 5.92 Å². The lowest BCUT2D eigenvalue weighted by Crippen LogP contribution is -2.36. The normalized spacial score (nSPS) is 17.1. The SMILES string of the molecule is CC(C)CCn1nc2n(c1=O)CCC(NC(=O)CCc1ccsc1)CC2. The molecule has 1 atom stereocenters. The average Bonchev–Trinajstić information content (AvgIpc) is 3.17. The number of hydrogen-bond donors (Lipinski definition) is 1. The monoisotopic (exact) mass is 376 g/mol. The zero-order valence-corrected chi connectivity index (χ0v) is 16.4. The lowest BCUT2D eigenvalue weighted by Gasteiger charge is -2.16. The first kappa shape index (κ1) is 18.9. The molecule has 0 bridgehead atoms. The molecule has 0 fully saturated rings. The molecule has 26 heavy (non-hydrogen) atoms. The first-order valence-corrected chi connectivity index (χ1v) is 10.4. The van der Waals surface area contributed by atoms with Crippen LogP contribution < -0.4 is 11.0 Å². The van der Waals surface area contributed by atoms with Crippen LogP contribution in [0.1, 0.15) is 50.9 Å². The maximum Gasteiger partial charge on any atom is 0.345 e. The van der Waals surface area contributed by atoms with Crippen LogP contribution in [0.4, 0.5) is 0 Å². The first-order valence-electron chi connectivity index (χ1n) is 9.50. The van der Waals surface area contributed by atoms with Gasteiger partial charge in [-0.1, -0.05) is 13.8 Å². The maximum atomic E-state index is 12.5. The molecule has 6 nitrogen and oxygen atoms in total. The fourth-order valence-corrected chi connectivity index (χ4v) is 3.99. The molecular formula is C19H28N4O2S. The van der Waals surface area contributed by atoms with E-state index >= 15 is 0 Å². The third-order valence-corrected chi connectivity index (χ3v) is 5.65. The topological polar surface area (TPSA) is 68.9 Å². The summed E-state index contributed by atoms with van der Waals surface area (Å²) < 4.78 is 3.40. The van der Waals surface area contributed by atoms with E-state index in [0.717, 1.165) is 37.9 Å². The number of nitrogens with one attached hydrogen (secondary N) is 1. The van der Waals surface area contributed by atoms with Gasteiger partial charge >= 0.3 is 5.69 Å². The number of carbonyl (C=O) groups is 1. The van der Waals surface area contributed by atoms with Crippen molar-refractivity contribution >= 4 is 17.2 Å². The van der Waals surface area contributed by atoms with Crippen molar-refractivity contribution in [1.82, 2.24) is 19.7 Å². The number of carbonyl (C=O) groups excluding carboxylic acids is 1. The standard InChI is InChI=1S/C19H28N4O2S/c1-14(2)7-11-23-19(25)22-10-8-16(4-5-17(22)21-23)20-18(24)6-3-15-9-12-26-13-15/h9,12-14,16H,3-8,10-11H2,1-2H3,(H,20,24). The zero-order chi connectivity index (χ0) is 18.5. The summed E-state index contributed by atoms with van der Waals surface area (Å²) in [5, 5.41) is 11.8. The number of nitrogens with zero attached hydrogens (tertiary/aromatic N) is 3. The number of rotatable bonds is 7. The number of thiophene rings is 1. The third kappa shape index (κ3) is 4.84. The van der Waals surface area contributed by atoms with Crippen LogP contribution >= 0.6 is 11.3 Å². The lowest BCUT2D eigenvalue weighted by atomic mass is 10.1. The second kappa shape index (κ2) is 8.66. The molecule has 1 aliphatic rings. The minimum absolute atomic E-state index is 0.00918. The van der Waals surface area contributed by atoms with Crippen LogP contribution in [-0.2, 0) is 30.7 Å². The van der Waals surface area contributed by atoms with Crippen molar-refractivity contribution < 1.29 is 4.79 Å². The highest BCUT2D eigenvalue weighted by molar-refractivity contribution is 7.07. The highest BCUT2D eigenvalue weighted by Crippen LogP contribution is 2.13. The number of hydrogen-bond acceptors (Lipinski definition) is 4. The van der Waals surface area contributed by atoms with Gasteiger partial charge in [0.15, 0.2) is 0 Å². The average molecular weight is 377 g/mol. The molecular weight excluding hydrogens is 348 g/mol. The zero-order valence-electron chi connectivity index (χ0n) is 15.6. The van der Waals surface area contributed by atoms with Crippen LogP contribution in [0.2, 0.25) is 0 Å². The highest BCUT2D eigenvalue weighted by Gasteiger charge is 2.22. The van der Waals surface area contributed by atoms with E-state index in [2.05, 4.69) is 35.7 Å². The molecule has 3 heterocycles. The van der Waals surface area contributed by atoms with Crippen LogP contribution in [0, 0.1) is 5.92 Å². The van der Waals surface area contributed by atoms with Gasteiger partial charge in [0.2, 0.25) is 5.91 Å². The Balaban J connectivity index is 1.52. The van der Waals surface area contributed by atoms with E-state index in [-0.39, 0.29) is 17.6 Å². The van der Waals surface area contributed by atoms with Crippen molar-refractivity contribution in [2.45, 2.75) is 71.5 Å².